The lowest BCUT2D eigenvalue weighted by molar-refractivity contribution is -0.148. The van der Waals surface area contributed by atoms with Crippen LogP contribution < -0.4 is 5.32 Å². The van der Waals surface area contributed by atoms with E-state index in [2.05, 4.69) is 20.4 Å². The summed E-state index contributed by atoms with van der Waals surface area (Å²) >= 11 is 1.45. The minimum Gasteiger partial charge on any atom is -0.456 e. The number of hydrogen-bond acceptors (Lipinski definition) is 7. The van der Waals surface area contributed by atoms with Crippen molar-refractivity contribution in [2.75, 3.05) is 19.4 Å². The molecule has 136 valence electrons. The number of fused-ring (bicyclic) bond motifs is 1. The van der Waals surface area contributed by atoms with E-state index in [1.54, 1.807) is 4.52 Å². The standard InChI is InChI=1S/C16H23N5O3S/c1-5-8-17-13(22)9-24-14(23)7-6-12-10(2)18-15-19-16(25-4)20-21(15)11(12)3/h5-9H2,1-4H3,(H,17,22). The molecular formula is C16H23N5O3S. The van der Waals surface area contributed by atoms with E-state index in [1.807, 2.05) is 27.0 Å². The molecule has 0 radical (unpaired) electrons. The predicted octanol–water partition coefficient (Wildman–Crippen LogP) is 1.47. The van der Waals surface area contributed by atoms with Crippen LogP contribution in [-0.4, -0.2) is 50.9 Å². The zero-order valence-corrected chi connectivity index (χ0v) is 15.8. The van der Waals surface area contributed by atoms with Crippen LogP contribution in [0.3, 0.4) is 0 Å². The van der Waals surface area contributed by atoms with E-state index in [1.165, 1.54) is 11.8 Å². The first-order valence-electron chi connectivity index (χ1n) is 8.15. The summed E-state index contributed by atoms with van der Waals surface area (Å²) < 4.78 is 6.69. The Bertz CT molecular complexity index is 775. The molecule has 8 nitrogen and oxygen atoms in total. The molecule has 1 amide bonds. The summed E-state index contributed by atoms with van der Waals surface area (Å²) in [6.45, 7) is 6.11. The number of rotatable bonds is 8. The molecule has 0 fully saturated rings. The molecule has 0 saturated carbocycles. The highest BCUT2D eigenvalue weighted by Crippen LogP contribution is 2.18. The summed E-state index contributed by atoms with van der Waals surface area (Å²) in [6.07, 6.45) is 3.41. The van der Waals surface area contributed by atoms with Gasteiger partial charge in [0.25, 0.3) is 11.7 Å². The van der Waals surface area contributed by atoms with Crippen molar-refractivity contribution >= 4 is 29.4 Å². The van der Waals surface area contributed by atoms with Gasteiger partial charge in [-0.15, -0.1) is 5.10 Å². The van der Waals surface area contributed by atoms with Crippen molar-refractivity contribution in [2.45, 2.75) is 45.2 Å². The van der Waals surface area contributed by atoms with Crippen molar-refractivity contribution in [1.29, 1.82) is 0 Å². The van der Waals surface area contributed by atoms with E-state index in [0.29, 0.717) is 23.9 Å². The minimum absolute atomic E-state index is 0.181. The van der Waals surface area contributed by atoms with Crippen molar-refractivity contribution < 1.29 is 14.3 Å². The number of aryl methyl sites for hydroxylation is 2. The van der Waals surface area contributed by atoms with Gasteiger partial charge in [0.1, 0.15) is 0 Å². The van der Waals surface area contributed by atoms with Gasteiger partial charge in [0.2, 0.25) is 5.16 Å². The highest BCUT2D eigenvalue weighted by molar-refractivity contribution is 7.98. The average molecular weight is 365 g/mol. The molecule has 2 aromatic heterocycles. The summed E-state index contributed by atoms with van der Waals surface area (Å²) in [6, 6.07) is 0. The fourth-order valence-corrected chi connectivity index (χ4v) is 2.74. The van der Waals surface area contributed by atoms with Gasteiger partial charge < -0.3 is 10.1 Å². The molecule has 0 saturated heterocycles. The molecule has 2 aromatic rings. The number of nitrogens with one attached hydrogen (secondary N) is 1. The predicted molar refractivity (Wildman–Crippen MR) is 94.6 cm³/mol. The molecule has 0 unspecified atom stereocenters. The second-order valence-corrected chi connectivity index (χ2v) is 6.36. The minimum atomic E-state index is -0.408. The first-order chi connectivity index (χ1) is 12.0. The van der Waals surface area contributed by atoms with Crippen molar-refractivity contribution in [3.05, 3.63) is 17.0 Å². The number of thioether (sulfide) groups is 1. The molecule has 0 atom stereocenters. The number of nitrogens with zero attached hydrogens (tertiary/aromatic N) is 4. The van der Waals surface area contributed by atoms with Crippen LogP contribution in [0.25, 0.3) is 5.78 Å². The normalized spacial score (nSPS) is 10.9. The number of amides is 1. The maximum absolute atomic E-state index is 11.9. The maximum Gasteiger partial charge on any atom is 0.306 e. The smallest absolute Gasteiger partial charge is 0.306 e. The van der Waals surface area contributed by atoms with Crippen LogP contribution in [0.5, 0.6) is 0 Å². The van der Waals surface area contributed by atoms with Gasteiger partial charge in [-0.2, -0.15) is 4.98 Å². The van der Waals surface area contributed by atoms with Gasteiger partial charge in [0, 0.05) is 24.4 Å². The summed E-state index contributed by atoms with van der Waals surface area (Å²) in [4.78, 5) is 32.1. The van der Waals surface area contributed by atoms with Crippen LogP contribution in [0.1, 0.15) is 36.7 Å². The SMILES string of the molecule is CCCNC(=O)COC(=O)CCc1c(C)nc2nc(SC)nn2c1C. The Kier molecular flexibility index (Phi) is 6.74. The molecule has 0 spiro atoms. The molecular weight excluding hydrogens is 342 g/mol. The first kappa shape index (κ1) is 19.2. The van der Waals surface area contributed by atoms with E-state index in [9.17, 15) is 9.59 Å². The Morgan fingerprint density at radius 3 is 2.72 bits per heavy atom. The first-order valence-corrected chi connectivity index (χ1v) is 9.37. The summed E-state index contributed by atoms with van der Waals surface area (Å²) in [5.74, 6) is -0.134. The van der Waals surface area contributed by atoms with Crippen LogP contribution >= 0.6 is 11.8 Å². The van der Waals surface area contributed by atoms with Gasteiger partial charge in [-0.05, 0) is 38.5 Å². The van der Waals surface area contributed by atoms with Gasteiger partial charge in [0.05, 0.1) is 0 Å². The quantitative estimate of drug-likeness (QED) is 0.558. The Hall–Kier alpha value is -2.16. The molecule has 1 N–H and O–H groups in total. The molecule has 0 aliphatic rings. The van der Waals surface area contributed by atoms with Gasteiger partial charge in [-0.1, -0.05) is 18.7 Å². The summed E-state index contributed by atoms with van der Waals surface area (Å²) in [7, 11) is 0. The number of hydrogen-bond donors (Lipinski definition) is 1. The number of esters is 1. The van der Waals surface area contributed by atoms with Crippen molar-refractivity contribution in [1.82, 2.24) is 24.9 Å². The number of ether oxygens (including phenoxy) is 1. The van der Waals surface area contributed by atoms with E-state index in [-0.39, 0.29) is 18.9 Å². The summed E-state index contributed by atoms with van der Waals surface area (Å²) in [5.41, 5.74) is 2.67. The lowest BCUT2D eigenvalue weighted by Crippen LogP contribution is -2.29. The Labute approximate surface area is 150 Å². The Balaban J connectivity index is 1.98. The van der Waals surface area contributed by atoms with Crippen LogP contribution in [0, 0.1) is 13.8 Å². The second-order valence-electron chi connectivity index (χ2n) is 5.58. The zero-order chi connectivity index (χ0) is 18.4. The third-order valence-corrected chi connectivity index (χ3v) is 4.27. The van der Waals surface area contributed by atoms with E-state index >= 15 is 0 Å². The highest BCUT2D eigenvalue weighted by atomic mass is 32.2. The van der Waals surface area contributed by atoms with Crippen molar-refractivity contribution in [3.8, 4) is 0 Å². The molecule has 25 heavy (non-hydrogen) atoms. The second kappa shape index (κ2) is 8.80. The molecule has 0 aliphatic heterocycles. The van der Waals surface area contributed by atoms with Gasteiger partial charge in [-0.25, -0.2) is 9.50 Å². The molecule has 9 heteroatoms. The molecule has 0 aromatic carbocycles. The van der Waals surface area contributed by atoms with Gasteiger partial charge >= 0.3 is 5.97 Å². The Morgan fingerprint density at radius 1 is 1.28 bits per heavy atom. The lowest BCUT2D eigenvalue weighted by Gasteiger charge is -2.10. The van der Waals surface area contributed by atoms with Crippen LogP contribution in [0.15, 0.2) is 5.16 Å². The third kappa shape index (κ3) is 4.91. The molecule has 2 heterocycles. The van der Waals surface area contributed by atoms with Crippen LogP contribution in [0.4, 0.5) is 0 Å². The molecule has 0 bridgehead atoms. The van der Waals surface area contributed by atoms with Crippen molar-refractivity contribution in [3.63, 3.8) is 0 Å². The molecule has 2 rings (SSSR count). The fraction of sp³-hybridized carbons (Fsp3) is 0.562. The Morgan fingerprint density at radius 2 is 2.04 bits per heavy atom. The highest BCUT2D eigenvalue weighted by Gasteiger charge is 2.15. The van der Waals surface area contributed by atoms with Crippen LogP contribution in [-0.2, 0) is 20.7 Å². The largest absolute Gasteiger partial charge is 0.456 e. The fourth-order valence-electron chi connectivity index (χ4n) is 2.40. The topological polar surface area (TPSA) is 98.5 Å². The summed E-state index contributed by atoms with van der Waals surface area (Å²) in [5, 5.41) is 7.70. The van der Waals surface area contributed by atoms with E-state index < -0.39 is 5.97 Å². The monoisotopic (exact) mass is 365 g/mol. The number of carbonyl (C=O) groups excluding carboxylic acids is 2. The van der Waals surface area contributed by atoms with Gasteiger partial charge in [-0.3, -0.25) is 9.59 Å². The van der Waals surface area contributed by atoms with E-state index in [0.717, 1.165) is 23.4 Å². The number of carbonyl (C=O) groups is 2. The van der Waals surface area contributed by atoms with Crippen molar-refractivity contribution in [2.24, 2.45) is 0 Å². The molecule has 0 aliphatic carbocycles. The third-order valence-electron chi connectivity index (χ3n) is 3.73. The van der Waals surface area contributed by atoms with E-state index in [4.69, 9.17) is 4.74 Å². The zero-order valence-electron chi connectivity index (χ0n) is 15.0. The number of aromatic nitrogens is 4. The maximum atomic E-state index is 11.9. The average Bonchev–Trinajstić information content (AvgIpc) is 3.01. The van der Waals surface area contributed by atoms with Crippen LogP contribution in [0.2, 0.25) is 0 Å². The van der Waals surface area contributed by atoms with Gasteiger partial charge in [0.15, 0.2) is 6.61 Å². The lowest BCUT2D eigenvalue weighted by atomic mass is 10.1.